The van der Waals surface area contributed by atoms with Crippen molar-refractivity contribution < 1.29 is 19.0 Å². The molecule has 2 rings (SSSR count). The second kappa shape index (κ2) is 6.56. The first kappa shape index (κ1) is 14.6. The average molecular weight is 282 g/mol. The molecule has 110 valence electrons. The van der Waals surface area contributed by atoms with Gasteiger partial charge in [-0.05, 0) is 31.9 Å². The summed E-state index contributed by atoms with van der Waals surface area (Å²) in [6.45, 7) is 2.36. The summed E-state index contributed by atoms with van der Waals surface area (Å²) in [5, 5.41) is 11.6. The number of aliphatic hydroxyl groups is 1. The van der Waals surface area contributed by atoms with Gasteiger partial charge in [-0.15, -0.1) is 0 Å². The Labute approximate surface area is 117 Å². The highest BCUT2D eigenvalue weighted by Gasteiger charge is 2.32. The summed E-state index contributed by atoms with van der Waals surface area (Å²) in [5.41, 5.74) is 0.375. The van der Waals surface area contributed by atoms with Gasteiger partial charge in [0.25, 0.3) is 0 Å². The zero-order valence-electron chi connectivity index (χ0n) is 11.4. The van der Waals surface area contributed by atoms with Gasteiger partial charge in [0.15, 0.2) is 11.6 Å². The first-order chi connectivity index (χ1) is 9.65. The monoisotopic (exact) mass is 282 g/mol. The Morgan fingerprint density at radius 3 is 2.85 bits per heavy atom. The maximum absolute atomic E-state index is 13.7. The Bertz CT molecular complexity index is 477. The number of carbonyl (C=O) groups excluding carboxylic acids is 1. The van der Waals surface area contributed by atoms with Crippen molar-refractivity contribution in [3.05, 3.63) is 24.0 Å². The van der Waals surface area contributed by atoms with Crippen molar-refractivity contribution in [2.24, 2.45) is 0 Å². The van der Waals surface area contributed by atoms with E-state index in [2.05, 4.69) is 5.32 Å². The van der Waals surface area contributed by atoms with Gasteiger partial charge in [-0.25, -0.2) is 9.18 Å². The minimum atomic E-state index is -0.509. The normalized spacial score (nSPS) is 13.9. The number of urea groups is 1. The number of nitrogens with one attached hydrogen (secondary N) is 1. The fraction of sp³-hybridized carbons (Fsp3) is 0.500. The van der Waals surface area contributed by atoms with Crippen molar-refractivity contribution in [2.45, 2.75) is 25.8 Å². The Kier molecular flexibility index (Phi) is 4.79. The van der Waals surface area contributed by atoms with Crippen molar-refractivity contribution in [3.8, 4) is 5.75 Å². The summed E-state index contributed by atoms with van der Waals surface area (Å²) in [6.07, 6.45) is 1.90. The van der Waals surface area contributed by atoms with Crippen LogP contribution in [0.3, 0.4) is 0 Å². The quantitative estimate of drug-likeness (QED) is 0.841. The van der Waals surface area contributed by atoms with Crippen LogP contribution in [-0.2, 0) is 0 Å². The first-order valence-corrected chi connectivity index (χ1v) is 6.76. The van der Waals surface area contributed by atoms with E-state index in [0.717, 1.165) is 12.8 Å². The van der Waals surface area contributed by atoms with Gasteiger partial charge in [-0.3, -0.25) is 0 Å². The number of hydrogen-bond acceptors (Lipinski definition) is 3. The van der Waals surface area contributed by atoms with Gasteiger partial charge in [-0.1, -0.05) is 0 Å². The van der Waals surface area contributed by atoms with Crippen LogP contribution in [0, 0.1) is 5.82 Å². The number of hydrogen-bond donors (Lipinski definition) is 2. The maximum atomic E-state index is 13.7. The van der Waals surface area contributed by atoms with E-state index in [-0.39, 0.29) is 31.0 Å². The molecule has 0 atom stereocenters. The topological polar surface area (TPSA) is 61.8 Å². The largest absolute Gasteiger partial charge is 0.491 e. The molecule has 1 aliphatic rings. The van der Waals surface area contributed by atoms with Crippen molar-refractivity contribution >= 4 is 11.7 Å². The van der Waals surface area contributed by atoms with E-state index in [1.807, 2.05) is 0 Å². The number of anilines is 1. The van der Waals surface area contributed by atoms with Crippen molar-refractivity contribution in [1.82, 2.24) is 4.90 Å². The summed E-state index contributed by atoms with van der Waals surface area (Å²) in [6, 6.07) is 4.19. The number of aliphatic hydroxyl groups excluding tert-OH is 1. The molecular formula is C14H19FN2O3. The molecule has 1 aromatic rings. The minimum absolute atomic E-state index is 0.0818. The number of amides is 2. The Morgan fingerprint density at radius 2 is 2.30 bits per heavy atom. The van der Waals surface area contributed by atoms with Gasteiger partial charge >= 0.3 is 6.03 Å². The highest BCUT2D eigenvalue weighted by molar-refractivity contribution is 5.89. The smallest absolute Gasteiger partial charge is 0.322 e. The zero-order chi connectivity index (χ0) is 14.5. The molecule has 0 heterocycles. The summed E-state index contributed by atoms with van der Waals surface area (Å²) >= 11 is 0. The van der Waals surface area contributed by atoms with E-state index < -0.39 is 5.82 Å². The third-order valence-electron chi connectivity index (χ3n) is 3.07. The van der Waals surface area contributed by atoms with Crippen molar-refractivity contribution in [2.75, 3.05) is 25.1 Å². The lowest BCUT2D eigenvalue weighted by molar-refractivity contribution is 0.185. The molecular weight excluding hydrogens is 263 g/mol. The van der Waals surface area contributed by atoms with Crippen LogP contribution in [0.2, 0.25) is 0 Å². The van der Waals surface area contributed by atoms with Gasteiger partial charge in [0.05, 0.1) is 13.2 Å². The molecule has 0 bridgehead atoms. The molecule has 1 fully saturated rings. The van der Waals surface area contributed by atoms with Crippen LogP contribution in [0.5, 0.6) is 5.75 Å². The number of ether oxygens (including phenoxy) is 1. The molecule has 0 saturated heterocycles. The van der Waals surface area contributed by atoms with Crippen LogP contribution >= 0.6 is 0 Å². The summed E-state index contributed by atoms with van der Waals surface area (Å²) < 4.78 is 18.8. The highest BCUT2D eigenvalue weighted by atomic mass is 19.1. The molecule has 6 heteroatoms. The van der Waals surface area contributed by atoms with Crippen LogP contribution in [0.4, 0.5) is 14.9 Å². The molecule has 0 unspecified atom stereocenters. The molecule has 20 heavy (non-hydrogen) atoms. The third-order valence-corrected chi connectivity index (χ3v) is 3.07. The number of rotatable bonds is 6. The molecule has 0 aromatic heterocycles. The fourth-order valence-corrected chi connectivity index (χ4v) is 1.99. The van der Waals surface area contributed by atoms with Crippen LogP contribution in [-0.4, -0.2) is 41.8 Å². The maximum Gasteiger partial charge on any atom is 0.322 e. The van der Waals surface area contributed by atoms with Crippen molar-refractivity contribution in [1.29, 1.82) is 0 Å². The molecule has 1 saturated carbocycles. The third kappa shape index (κ3) is 3.60. The van der Waals surface area contributed by atoms with Crippen LogP contribution in [0.15, 0.2) is 18.2 Å². The molecule has 2 amide bonds. The lowest BCUT2D eigenvalue weighted by Crippen LogP contribution is -2.38. The van der Waals surface area contributed by atoms with Crippen LogP contribution < -0.4 is 10.1 Å². The van der Waals surface area contributed by atoms with Crippen LogP contribution in [0.25, 0.3) is 0 Å². The second-order valence-electron chi connectivity index (χ2n) is 4.66. The van der Waals surface area contributed by atoms with Gasteiger partial charge in [-0.2, -0.15) is 0 Å². The molecule has 1 aliphatic carbocycles. The van der Waals surface area contributed by atoms with Crippen LogP contribution in [0.1, 0.15) is 19.8 Å². The van der Waals surface area contributed by atoms with E-state index in [9.17, 15) is 9.18 Å². The number of benzene rings is 1. The van der Waals surface area contributed by atoms with Gasteiger partial charge in [0, 0.05) is 24.3 Å². The minimum Gasteiger partial charge on any atom is -0.491 e. The number of nitrogens with zero attached hydrogens (tertiary/aromatic N) is 1. The molecule has 1 aromatic carbocycles. The standard InChI is InChI=1S/C14H19FN2O3/c1-2-20-13-6-3-10(9-12(13)15)16-14(19)17(7-8-18)11-4-5-11/h3,6,9,11,18H,2,4-5,7-8H2,1H3,(H,16,19). The Hall–Kier alpha value is -1.82. The predicted octanol–water partition coefficient (Wildman–Crippen LogP) is 2.21. The van der Waals surface area contributed by atoms with Gasteiger partial charge in [0.2, 0.25) is 0 Å². The molecule has 0 radical (unpaired) electrons. The lowest BCUT2D eigenvalue weighted by Gasteiger charge is -2.21. The first-order valence-electron chi connectivity index (χ1n) is 6.76. The Balaban J connectivity index is 2.01. The van der Waals surface area contributed by atoms with E-state index in [1.54, 1.807) is 17.9 Å². The average Bonchev–Trinajstić information content (AvgIpc) is 3.23. The molecule has 5 nitrogen and oxygen atoms in total. The molecule has 0 spiro atoms. The SMILES string of the molecule is CCOc1ccc(NC(=O)N(CCO)C2CC2)cc1F. The molecule has 2 N–H and O–H groups in total. The number of halogens is 1. The van der Waals surface area contributed by atoms with E-state index in [1.165, 1.54) is 12.1 Å². The summed E-state index contributed by atoms with van der Waals surface area (Å²) in [7, 11) is 0. The summed E-state index contributed by atoms with van der Waals surface area (Å²) in [4.78, 5) is 13.6. The second-order valence-corrected chi connectivity index (χ2v) is 4.66. The number of carbonyl (C=O) groups is 1. The van der Waals surface area contributed by atoms with Gasteiger partial charge < -0.3 is 20.1 Å². The highest BCUT2D eigenvalue weighted by Crippen LogP contribution is 2.27. The van der Waals surface area contributed by atoms with Crippen molar-refractivity contribution in [3.63, 3.8) is 0 Å². The van der Waals surface area contributed by atoms with E-state index >= 15 is 0 Å². The zero-order valence-corrected chi connectivity index (χ0v) is 11.4. The summed E-state index contributed by atoms with van der Waals surface area (Å²) in [5.74, 6) is -0.343. The van der Waals surface area contributed by atoms with Gasteiger partial charge in [0.1, 0.15) is 0 Å². The lowest BCUT2D eigenvalue weighted by atomic mass is 10.3. The van der Waals surface area contributed by atoms with E-state index in [0.29, 0.717) is 12.3 Å². The fourth-order valence-electron chi connectivity index (χ4n) is 1.99. The predicted molar refractivity (Wildman–Crippen MR) is 73.4 cm³/mol. The van der Waals surface area contributed by atoms with E-state index in [4.69, 9.17) is 9.84 Å². The Morgan fingerprint density at radius 1 is 1.55 bits per heavy atom. The molecule has 0 aliphatic heterocycles.